The molecule has 5 rings (SSSR count). The molecule has 2 heterocycles. The Balaban J connectivity index is 1.47. The van der Waals surface area contributed by atoms with E-state index in [1.807, 2.05) is 42.5 Å². The smallest absolute Gasteiger partial charge is 0.280 e. The Morgan fingerprint density at radius 1 is 1.08 bits per heavy atom. The van der Waals surface area contributed by atoms with Gasteiger partial charge >= 0.3 is 0 Å². The first-order chi connectivity index (χ1) is 18.0. The van der Waals surface area contributed by atoms with E-state index in [0.29, 0.717) is 42.7 Å². The highest BCUT2D eigenvalue weighted by Gasteiger charge is 2.27. The Hall–Kier alpha value is -3.64. The number of hydrogen-bond donors (Lipinski definition) is 0. The lowest BCUT2D eigenvalue weighted by Gasteiger charge is -2.26. The lowest BCUT2D eigenvalue weighted by molar-refractivity contribution is 0.0730. The molecule has 0 radical (unpaired) electrons. The molecule has 0 spiro atoms. The van der Waals surface area contributed by atoms with Crippen molar-refractivity contribution in [2.75, 3.05) is 38.4 Å². The number of thiazole rings is 1. The molecule has 1 saturated heterocycles. The van der Waals surface area contributed by atoms with Gasteiger partial charge in [-0.05, 0) is 48.0 Å². The summed E-state index contributed by atoms with van der Waals surface area (Å²) in [7, 11) is -2.08. The Bertz CT molecular complexity index is 1530. The van der Waals surface area contributed by atoms with Crippen molar-refractivity contribution >= 4 is 48.8 Å². The third-order valence-corrected chi connectivity index (χ3v) is 8.70. The summed E-state index contributed by atoms with van der Waals surface area (Å²) in [5, 5.41) is 6.07. The SMILES string of the molecule is COc1ccc2nc(N(/N=C/c3ccccc3)C(=O)c3ccc(S(=O)(=O)N4CCOCC4)cc3)sc2c1. The summed E-state index contributed by atoms with van der Waals surface area (Å²) in [6.07, 6.45) is 1.59. The molecule has 0 saturated carbocycles. The van der Waals surface area contributed by atoms with E-state index in [1.165, 1.54) is 44.9 Å². The number of morpholine rings is 1. The lowest BCUT2D eigenvalue weighted by Crippen LogP contribution is -2.40. The molecule has 190 valence electrons. The van der Waals surface area contributed by atoms with Crippen LogP contribution in [0.4, 0.5) is 5.13 Å². The topological polar surface area (TPSA) is 101 Å². The molecule has 0 atom stereocenters. The number of aromatic nitrogens is 1. The van der Waals surface area contributed by atoms with E-state index in [4.69, 9.17) is 9.47 Å². The number of benzene rings is 3. The molecule has 0 N–H and O–H groups in total. The van der Waals surface area contributed by atoms with Gasteiger partial charge in [-0.25, -0.2) is 13.4 Å². The molecule has 9 nitrogen and oxygen atoms in total. The third-order valence-electron chi connectivity index (χ3n) is 5.79. The van der Waals surface area contributed by atoms with Crippen LogP contribution in [0.2, 0.25) is 0 Å². The third kappa shape index (κ3) is 5.39. The molecule has 0 unspecified atom stereocenters. The maximum absolute atomic E-state index is 13.6. The maximum atomic E-state index is 13.6. The van der Waals surface area contributed by atoms with Gasteiger partial charge in [0.05, 0.1) is 41.7 Å². The average Bonchev–Trinajstić information content (AvgIpc) is 3.37. The zero-order valence-corrected chi connectivity index (χ0v) is 21.6. The van der Waals surface area contributed by atoms with Gasteiger partial charge in [-0.3, -0.25) is 4.79 Å². The summed E-state index contributed by atoms with van der Waals surface area (Å²) in [6.45, 7) is 1.32. The molecule has 1 aliphatic rings. The summed E-state index contributed by atoms with van der Waals surface area (Å²) < 4.78 is 38.7. The fourth-order valence-electron chi connectivity index (χ4n) is 3.79. The maximum Gasteiger partial charge on any atom is 0.280 e. The van der Waals surface area contributed by atoms with Gasteiger partial charge in [0.25, 0.3) is 5.91 Å². The fraction of sp³-hybridized carbons (Fsp3) is 0.192. The van der Waals surface area contributed by atoms with Gasteiger partial charge in [-0.2, -0.15) is 14.4 Å². The monoisotopic (exact) mass is 536 g/mol. The number of anilines is 1. The number of carbonyl (C=O) groups is 1. The van der Waals surface area contributed by atoms with Crippen molar-refractivity contribution < 1.29 is 22.7 Å². The van der Waals surface area contributed by atoms with Gasteiger partial charge in [-0.15, -0.1) is 0 Å². The number of sulfonamides is 1. The quantitative estimate of drug-likeness (QED) is 0.261. The minimum Gasteiger partial charge on any atom is -0.497 e. The Labute approximate surface area is 218 Å². The first-order valence-electron chi connectivity index (χ1n) is 11.5. The van der Waals surface area contributed by atoms with Gasteiger partial charge in [0, 0.05) is 18.7 Å². The summed E-state index contributed by atoms with van der Waals surface area (Å²) in [5.41, 5.74) is 1.80. The molecular weight excluding hydrogens is 512 g/mol. The zero-order valence-electron chi connectivity index (χ0n) is 20.0. The standard InChI is InChI=1S/C26H24N4O5S2/c1-34-21-9-12-23-24(17-21)36-26(28-23)30(27-18-19-5-3-2-4-6-19)25(31)20-7-10-22(11-8-20)37(32,33)29-13-15-35-16-14-29/h2-12,17-18H,13-16H2,1H3/b27-18+. The summed E-state index contributed by atoms with van der Waals surface area (Å²) in [6, 6.07) is 20.8. The Morgan fingerprint density at radius 2 is 1.81 bits per heavy atom. The van der Waals surface area contributed by atoms with Crippen LogP contribution in [-0.2, 0) is 14.8 Å². The van der Waals surface area contributed by atoms with Crippen molar-refractivity contribution in [1.82, 2.24) is 9.29 Å². The largest absolute Gasteiger partial charge is 0.497 e. The number of hydrazone groups is 1. The van der Waals surface area contributed by atoms with Crippen LogP contribution in [-0.4, -0.2) is 63.2 Å². The summed E-state index contributed by atoms with van der Waals surface area (Å²) in [4.78, 5) is 18.3. The van der Waals surface area contributed by atoms with Crippen molar-refractivity contribution in [3.8, 4) is 5.75 Å². The number of nitrogens with zero attached hydrogens (tertiary/aromatic N) is 4. The van der Waals surface area contributed by atoms with E-state index in [-0.39, 0.29) is 10.5 Å². The normalized spacial score (nSPS) is 14.7. The predicted molar refractivity (Wildman–Crippen MR) is 143 cm³/mol. The van der Waals surface area contributed by atoms with E-state index in [0.717, 1.165) is 10.3 Å². The minimum absolute atomic E-state index is 0.123. The molecule has 4 aromatic rings. The first-order valence-corrected chi connectivity index (χ1v) is 13.8. The minimum atomic E-state index is -3.67. The van der Waals surface area contributed by atoms with Gasteiger partial charge in [0.15, 0.2) is 0 Å². The number of ether oxygens (including phenoxy) is 2. The average molecular weight is 537 g/mol. The molecule has 1 fully saturated rings. The second kappa shape index (κ2) is 10.8. The lowest BCUT2D eigenvalue weighted by atomic mass is 10.2. The van der Waals surface area contributed by atoms with E-state index in [1.54, 1.807) is 19.4 Å². The van der Waals surface area contributed by atoms with Crippen molar-refractivity contribution in [2.24, 2.45) is 5.10 Å². The van der Waals surface area contributed by atoms with Crippen molar-refractivity contribution in [3.05, 3.63) is 83.9 Å². The number of methoxy groups -OCH3 is 1. The molecule has 0 bridgehead atoms. The second-order valence-corrected chi connectivity index (χ2v) is 11.1. The van der Waals surface area contributed by atoms with Crippen LogP contribution in [0.1, 0.15) is 15.9 Å². The number of fused-ring (bicyclic) bond motifs is 1. The molecule has 1 aliphatic heterocycles. The molecule has 11 heteroatoms. The van der Waals surface area contributed by atoms with Gasteiger partial charge in [-0.1, -0.05) is 41.7 Å². The van der Waals surface area contributed by atoms with Gasteiger partial charge in [0.2, 0.25) is 15.2 Å². The van der Waals surface area contributed by atoms with Gasteiger partial charge < -0.3 is 9.47 Å². The van der Waals surface area contributed by atoms with Crippen LogP contribution in [0.3, 0.4) is 0 Å². The number of carbonyl (C=O) groups excluding carboxylic acids is 1. The van der Waals surface area contributed by atoms with Crippen molar-refractivity contribution in [2.45, 2.75) is 4.90 Å². The predicted octanol–water partition coefficient (Wildman–Crippen LogP) is 4.01. The van der Waals surface area contributed by atoms with Crippen molar-refractivity contribution in [3.63, 3.8) is 0 Å². The van der Waals surface area contributed by atoms with E-state index < -0.39 is 15.9 Å². The van der Waals surface area contributed by atoms with Crippen LogP contribution in [0.5, 0.6) is 5.75 Å². The number of rotatable bonds is 7. The molecule has 0 aliphatic carbocycles. The van der Waals surface area contributed by atoms with Crippen LogP contribution in [0.25, 0.3) is 10.2 Å². The van der Waals surface area contributed by atoms with Crippen LogP contribution < -0.4 is 9.75 Å². The van der Waals surface area contributed by atoms with Crippen LogP contribution in [0, 0.1) is 0 Å². The Morgan fingerprint density at radius 3 is 2.51 bits per heavy atom. The van der Waals surface area contributed by atoms with Gasteiger partial charge in [0.1, 0.15) is 5.75 Å². The van der Waals surface area contributed by atoms with E-state index in [2.05, 4.69) is 10.1 Å². The highest BCUT2D eigenvalue weighted by atomic mass is 32.2. The zero-order chi connectivity index (χ0) is 25.8. The summed E-state index contributed by atoms with van der Waals surface area (Å²) in [5.74, 6) is 0.249. The van der Waals surface area contributed by atoms with Crippen molar-refractivity contribution in [1.29, 1.82) is 0 Å². The molecule has 3 aromatic carbocycles. The van der Waals surface area contributed by atoms with Crippen LogP contribution >= 0.6 is 11.3 Å². The highest BCUT2D eigenvalue weighted by Crippen LogP contribution is 2.32. The molecule has 37 heavy (non-hydrogen) atoms. The van der Waals surface area contributed by atoms with Crippen LogP contribution in [0.15, 0.2) is 82.8 Å². The molecular formula is C26H24N4O5S2. The second-order valence-electron chi connectivity index (χ2n) is 8.14. The first kappa shape index (κ1) is 25.0. The molecule has 1 aromatic heterocycles. The number of hydrogen-bond acceptors (Lipinski definition) is 8. The van der Waals surface area contributed by atoms with E-state index >= 15 is 0 Å². The summed E-state index contributed by atoms with van der Waals surface area (Å²) >= 11 is 1.31. The highest BCUT2D eigenvalue weighted by molar-refractivity contribution is 7.89. The van der Waals surface area contributed by atoms with E-state index in [9.17, 15) is 13.2 Å². The Kier molecular flexibility index (Phi) is 7.28. The molecule has 1 amide bonds. The fourth-order valence-corrected chi connectivity index (χ4v) is 6.15. The number of amides is 1.